The molecule has 0 spiro atoms. The molecule has 0 bridgehead atoms. The highest BCUT2D eigenvalue weighted by molar-refractivity contribution is 7.92. The van der Waals surface area contributed by atoms with Gasteiger partial charge in [0.1, 0.15) is 12.6 Å². The van der Waals surface area contributed by atoms with Crippen LogP contribution in [0, 0.1) is 6.92 Å². The maximum absolute atomic E-state index is 14.6. The van der Waals surface area contributed by atoms with Gasteiger partial charge in [0.05, 0.1) is 10.6 Å². The SMILES string of the molecule is CCNC(=O)C(Cc1ccccc1)N(Cc1c(Cl)cccc1Cl)C(=O)CN(c1ccc(C(C)C)cc1)S(=O)(=O)c1ccc(C)cc1. The molecule has 46 heavy (non-hydrogen) atoms. The van der Waals surface area contributed by atoms with Gasteiger partial charge in [0.15, 0.2) is 0 Å². The number of likely N-dealkylation sites (N-methyl/N-ethyl adjacent to an activating group) is 1. The summed E-state index contributed by atoms with van der Waals surface area (Å²) in [4.78, 5) is 29.6. The highest BCUT2D eigenvalue weighted by atomic mass is 35.5. The molecule has 10 heteroatoms. The van der Waals surface area contributed by atoms with Gasteiger partial charge in [-0.05, 0) is 67.3 Å². The lowest BCUT2D eigenvalue weighted by Gasteiger charge is -2.34. The third kappa shape index (κ3) is 8.49. The van der Waals surface area contributed by atoms with Crippen molar-refractivity contribution in [1.82, 2.24) is 10.2 Å². The zero-order valence-corrected chi connectivity index (χ0v) is 28.7. The molecule has 0 fully saturated rings. The van der Waals surface area contributed by atoms with Crippen LogP contribution in [-0.4, -0.2) is 44.3 Å². The van der Waals surface area contributed by atoms with E-state index in [1.165, 1.54) is 17.0 Å². The molecule has 0 aliphatic heterocycles. The zero-order chi connectivity index (χ0) is 33.4. The Morgan fingerprint density at radius 2 is 1.43 bits per heavy atom. The number of hydrogen-bond donors (Lipinski definition) is 1. The first-order chi connectivity index (χ1) is 21.9. The minimum atomic E-state index is -4.20. The van der Waals surface area contributed by atoms with Gasteiger partial charge in [-0.15, -0.1) is 0 Å². The minimum absolute atomic E-state index is 0.0455. The van der Waals surface area contributed by atoms with Gasteiger partial charge in [-0.2, -0.15) is 0 Å². The number of sulfonamides is 1. The molecule has 0 aliphatic carbocycles. The summed E-state index contributed by atoms with van der Waals surface area (Å²) in [6.07, 6.45) is 0.189. The average molecular weight is 681 g/mol. The van der Waals surface area contributed by atoms with Crippen LogP contribution in [0.3, 0.4) is 0 Å². The van der Waals surface area contributed by atoms with Crippen molar-refractivity contribution in [1.29, 1.82) is 0 Å². The Bertz CT molecular complexity index is 1730. The number of nitrogens with zero attached hydrogens (tertiary/aromatic N) is 2. The number of carbonyl (C=O) groups excluding carboxylic acids is 2. The van der Waals surface area contributed by atoms with E-state index in [1.54, 1.807) is 49.4 Å². The number of carbonyl (C=O) groups is 2. The highest BCUT2D eigenvalue weighted by Crippen LogP contribution is 2.30. The predicted octanol–water partition coefficient (Wildman–Crippen LogP) is 7.40. The van der Waals surface area contributed by atoms with E-state index in [9.17, 15) is 18.0 Å². The van der Waals surface area contributed by atoms with Crippen molar-refractivity contribution in [3.05, 3.63) is 129 Å². The summed E-state index contributed by atoms with van der Waals surface area (Å²) in [6.45, 7) is 7.42. The number of amides is 2. The number of anilines is 1. The molecule has 0 saturated carbocycles. The van der Waals surface area contributed by atoms with Crippen molar-refractivity contribution < 1.29 is 18.0 Å². The maximum atomic E-state index is 14.6. The largest absolute Gasteiger partial charge is 0.355 e. The lowest BCUT2D eigenvalue weighted by molar-refractivity contribution is -0.140. The van der Waals surface area contributed by atoms with Gasteiger partial charge in [-0.3, -0.25) is 13.9 Å². The highest BCUT2D eigenvalue weighted by Gasteiger charge is 2.35. The standard InChI is InChI=1S/C36H39Cl2N3O4S/c1-5-39-36(43)34(22-27-10-7-6-8-11-27)40(23-31-32(37)12-9-13-33(31)38)35(42)24-41(29-18-16-28(17-19-29)25(2)3)46(44,45)30-20-14-26(4)15-21-30/h6-21,25,34H,5,22-24H2,1-4H3,(H,39,43). The van der Waals surface area contributed by atoms with E-state index >= 15 is 0 Å². The van der Waals surface area contributed by atoms with Crippen molar-refractivity contribution in [3.63, 3.8) is 0 Å². The fourth-order valence-electron chi connectivity index (χ4n) is 5.09. The minimum Gasteiger partial charge on any atom is -0.355 e. The zero-order valence-electron chi connectivity index (χ0n) is 26.4. The molecule has 0 saturated heterocycles. The normalized spacial score (nSPS) is 12.1. The second-order valence-corrected chi connectivity index (χ2v) is 14.1. The fraction of sp³-hybridized carbons (Fsp3) is 0.278. The lowest BCUT2D eigenvalue weighted by Crippen LogP contribution is -2.53. The molecule has 242 valence electrons. The molecule has 0 aromatic heterocycles. The van der Waals surface area contributed by atoms with Crippen molar-refractivity contribution in [2.24, 2.45) is 0 Å². The number of aryl methyl sites for hydroxylation is 1. The van der Waals surface area contributed by atoms with Crippen molar-refractivity contribution in [2.45, 2.75) is 57.5 Å². The van der Waals surface area contributed by atoms with Crippen LogP contribution < -0.4 is 9.62 Å². The van der Waals surface area contributed by atoms with Crippen LogP contribution in [0.5, 0.6) is 0 Å². The summed E-state index contributed by atoms with van der Waals surface area (Å²) in [7, 11) is -4.20. The van der Waals surface area contributed by atoms with Gasteiger partial charge >= 0.3 is 0 Å². The second-order valence-electron chi connectivity index (χ2n) is 11.4. The first kappa shape index (κ1) is 35.0. The number of halogens is 2. The molecule has 1 unspecified atom stereocenters. The molecule has 0 heterocycles. The van der Waals surface area contributed by atoms with E-state index in [2.05, 4.69) is 5.32 Å². The molecule has 1 N–H and O–H groups in total. The van der Waals surface area contributed by atoms with Crippen LogP contribution in [0.2, 0.25) is 10.0 Å². The van der Waals surface area contributed by atoms with E-state index < -0.39 is 28.5 Å². The second kappa shape index (κ2) is 15.6. The molecule has 7 nitrogen and oxygen atoms in total. The van der Waals surface area contributed by atoms with Gasteiger partial charge < -0.3 is 10.2 Å². The summed E-state index contributed by atoms with van der Waals surface area (Å²) in [5, 5.41) is 3.50. The van der Waals surface area contributed by atoms with Crippen LogP contribution in [0.1, 0.15) is 48.9 Å². The molecule has 0 radical (unpaired) electrons. The number of rotatable bonds is 13. The smallest absolute Gasteiger partial charge is 0.264 e. The monoisotopic (exact) mass is 679 g/mol. The third-order valence-electron chi connectivity index (χ3n) is 7.75. The fourth-order valence-corrected chi connectivity index (χ4v) is 7.02. The predicted molar refractivity (Wildman–Crippen MR) is 186 cm³/mol. The van der Waals surface area contributed by atoms with Gasteiger partial charge in [0.2, 0.25) is 11.8 Å². The first-order valence-electron chi connectivity index (χ1n) is 15.2. The van der Waals surface area contributed by atoms with E-state index in [0.29, 0.717) is 27.8 Å². The Morgan fingerprint density at radius 1 is 0.826 bits per heavy atom. The quantitative estimate of drug-likeness (QED) is 0.160. The Labute approximate surface area is 282 Å². The summed E-state index contributed by atoms with van der Waals surface area (Å²) < 4.78 is 29.5. The van der Waals surface area contributed by atoms with Crippen LogP contribution in [0.25, 0.3) is 0 Å². The van der Waals surface area contributed by atoms with Crippen LogP contribution >= 0.6 is 23.2 Å². The molecule has 4 aromatic rings. The van der Waals surface area contributed by atoms with Gasteiger partial charge in [-0.25, -0.2) is 8.42 Å². The topological polar surface area (TPSA) is 86.8 Å². The van der Waals surface area contributed by atoms with E-state index in [-0.39, 0.29) is 29.7 Å². The summed E-state index contributed by atoms with van der Waals surface area (Å²) in [5.74, 6) is -0.742. The summed E-state index contributed by atoms with van der Waals surface area (Å²) in [5.41, 5.74) is 3.53. The molecule has 0 aliphatic rings. The Kier molecular flexibility index (Phi) is 11.9. The molecular formula is C36H39Cl2N3O4S. The van der Waals surface area contributed by atoms with E-state index in [4.69, 9.17) is 23.2 Å². The molecule has 4 rings (SSSR count). The molecule has 4 aromatic carbocycles. The Hall–Kier alpha value is -3.85. The van der Waals surface area contributed by atoms with Gasteiger partial charge in [0, 0.05) is 35.1 Å². The van der Waals surface area contributed by atoms with Crippen molar-refractivity contribution in [2.75, 3.05) is 17.4 Å². The van der Waals surface area contributed by atoms with Crippen LogP contribution in [0.4, 0.5) is 5.69 Å². The molecule has 1 atom stereocenters. The maximum Gasteiger partial charge on any atom is 0.264 e. The molecule has 2 amide bonds. The van der Waals surface area contributed by atoms with Crippen LogP contribution in [-0.2, 0) is 32.6 Å². The lowest BCUT2D eigenvalue weighted by atomic mass is 10.0. The average Bonchev–Trinajstić information content (AvgIpc) is 3.03. The third-order valence-corrected chi connectivity index (χ3v) is 10.2. The van der Waals surface area contributed by atoms with E-state index in [0.717, 1.165) is 21.0 Å². The Balaban J connectivity index is 1.83. The summed E-state index contributed by atoms with van der Waals surface area (Å²) in [6, 6.07) is 27.0. The van der Waals surface area contributed by atoms with Crippen molar-refractivity contribution in [3.8, 4) is 0 Å². The van der Waals surface area contributed by atoms with E-state index in [1.807, 2.05) is 63.2 Å². The first-order valence-corrected chi connectivity index (χ1v) is 17.3. The van der Waals surface area contributed by atoms with Gasteiger partial charge in [0.25, 0.3) is 10.0 Å². The number of benzene rings is 4. The number of hydrogen-bond acceptors (Lipinski definition) is 4. The van der Waals surface area contributed by atoms with Crippen molar-refractivity contribution >= 4 is 50.7 Å². The molecular weight excluding hydrogens is 641 g/mol. The Morgan fingerprint density at radius 3 is 2.00 bits per heavy atom. The number of nitrogens with one attached hydrogen (secondary N) is 1. The van der Waals surface area contributed by atoms with Gasteiger partial charge in [-0.1, -0.05) is 103 Å². The summed E-state index contributed by atoms with van der Waals surface area (Å²) >= 11 is 13.1. The van der Waals surface area contributed by atoms with Crippen LogP contribution in [0.15, 0.2) is 102 Å².